The molecule has 2 fully saturated rings. The van der Waals surface area contributed by atoms with E-state index < -0.39 is 15.9 Å². The van der Waals surface area contributed by atoms with Crippen molar-refractivity contribution in [2.24, 2.45) is 11.8 Å². The first kappa shape index (κ1) is 11.4. The number of carbonyl (C=O) groups is 2. The molecule has 6 nitrogen and oxygen atoms in total. The van der Waals surface area contributed by atoms with E-state index in [0.717, 1.165) is 19.1 Å². The van der Waals surface area contributed by atoms with Crippen LogP contribution >= 0.6 is 0 Å². The molecule has 2 rings (SSSR count). The molecule has 2 saturated carbocycles. The summed E-state index contributed by atoms with van der Waals surface area (Å²) in [6.45, 7) is 0. The van der Waals surface area contributed by atoms with Crippen LogP contribution in [0.3, 0.4) is 0 Å². The van der Waals surface area contributed by atoms with E-state index in [9.17, 15) is 18.0 Å². The van der Waals surface area contributed by atoms with Crippen LogP contribution in [0.5, 0.6) is 0 Å². The molecule has 0 spiro atoms. The topological polar surface area (TPSA) is 83.6 Å². The molecule has 0 atom stereocenters. The zero-order valence-corrected chi connectivity index (χ0v) is 9.79. The molecule has 0 aromatic heterocycles. The van der Waals surface area contributed by atoms with E-state index in [1.54, 1.807) is 0 Å². The second kappa shape index (κ2) is 3.73. The van der Waals surface area contributed by atoms with E-state index in [1.165, 1.54) is 0 Å². The lowest BCUT2D eigenvalue weighted by atomic mass is 10.4. The smallest absolute Gasteiger partial charge is 0.258 e. The van der Waals surface area contributed by atoms with Gasteiger partial charge in [0.25, 0.3) is 15.9 Å². The van der Waals surface area contributed by atoms with Gasteiger partial charge in [0.15, 0.2) is 0 Å². The molecular weight excluding hydrogens is 232 g/mol. The monoisotopic (exact) mass is 246 g/mol. The fourth-order valence-electron chi connectivity index (χ4n) is 1.33. The number of sulfonamides is 1. The predicted molar refractivity (Wildman–Crippen MR) is 55.3 cm³/mol. The highest BCUT2D eigenvalue weighted by Gasteiger charge is 2.40. The molecule has 0 aromatic rings. The molecule has 0 unspecified atom stereocenters. The van der Waals surface area contributed by atoms with Crippen LogP contribution < -0.4 is 5.43 Å². The summed E-state index contributed by atoms with van der Waals surface area (Å²) in [4.78, 5) is 23.1. The maximum absolute atomic E-state index is 11.7. The molecule has 7 heteroatoms. The first-order valence-electron chi connectivity index (χ1n) is 5.24. The number of amides is 2. The van der Waals surface area contributed by atoms with Gasteiger partial charge in [0, 0.05) is 11.8 Å². The number of carbonyl (C=O) groups excluding carboxylic acids is 2. The Morgan fingerprint density at radius 1 is 1.12 bits per heavy atom. The molecule has 0 aliphatic heterocycles. The highest BCUT2D eigenvalue weighted by atomic mass is 32.2. The van der Waals surface area contributed by atoms with E-state index in [0.29, 0.717) is 17.3 Å². The van der Waals surface area contributed by atoms with Gasteiger partial charge in [-0.05, 0) is 25.7 Å². The Hall–Kier alpha value is -1.11. The summed E-state index contributed by atoms with van der Waals surface area (Å²) >= 11 is 0. The van der Waals surface area contributed by atoms with Crippen molar-refractivity contribution in [2.45, 2.75) is 25.7 Å². The van der Waals surface area contributed by atoms with Crippen LogP contribution in [0.15, 0.2) is 0 Å². The van der Waals surface area contributed by atoms with Gasteiger partial charge in [-0.25, -0.2) is 8.42 Å². The molecule has 0 heterocycles. The highest BCUT2D eigenvalue weighted by Crippen LogP contribution is 2.32. The average molecular weight is 246 g/mol. The number of rotatable bonds is 3. The van der Waals surface area contributed by atoms with Crippen LogP contribution in [0.1, 0.15) is 25.7 Å². The summed E-state index contributed by atoms with van der Waals surface area (Å²) in [5.74, 6) is -1.26. The van der Waals surface area contributed by atoms with Gasteiger partial charge in [-0.1, -0.05) is 0 Å². The standard InChI is InChI=1S/C9H14N2O4S/c1-16(14,15)11(9(13)7-4-5-7)10-8(12)6-2-3-6/h6-7H,2-5H2,1H3,(H,10,12). The largest absolute Gasteiger partial charge is 0.273 e. The summed E-state index contributed by atoms with van der Waals surface area (Å²) in [6, 6.07) is 0. The van der Waals surface area contributed by atoms with Crippen LogP contribution in [0.25, 0.3) is 0 Å². The van der Waals surface area contributed by atoms with E-state index in [4.69, 9.17) is 0 Å². The van der Waals surface area contributed by atoms with E-state index in [-0.39, 0.29) is 17.7 Å². The zero-order chi connectivity index (χ0) is 11.9. The van der Waals surface area contributed by atoms with Gasteiger partial charge in [0.1, 0.15) is 0 Å². The fourth-order valence-corrected chi connectivity index (χ4v) is 2.07. The molecular formula is C9H14N2O4S. The van der Waals surface area contributed by atoms with Crippen molar-refractivity contribution in [1.82, 2.24) is 9.84 Å². The lowest BCUT2D eigenvalue weighted by Gasteiger charge is -2.20. The third kappa shape index (κ3) is 2.52. The number of hydrogen-bond donors (Lipinski definition) is 1. The van der Waals surface area contributed by atoms with Crippen LogP contribution in [-0.2, 0) is 19.6 Å². The first-order valence-corrected chi connectivity index (χ1v) is 7.09. The minimum absolute atomic E-state index is 0.128. The Morgan fingerprint density at radius 2 is 1.62 bits per heavy atom. The summed E-state index contributed by atoms with van der Waals surface area (Å²) < 4.78 is 23.3. The lowest BCUT2D eigenvalue weighted by molar-refractivity contribution is -0.136. The Bertz CT molecular complexity index is 423. The maximum atomic E-state index is 11.7. The van der Waals surface area contributed by atoms with Crippen LogP contribution in [0.4, 0.5) is 0 Å². The lowest BCUT2D eigenvalue weighted by Crippen LogP contribution is -2.50. The van der Waals surface area contributed by atoms with Crippen molar-refractivity contribution in [3.8, 4) is 0 Å². The van der Waals surface area contributed by atoms with Gasteiger partial charge in [0.05, 0.1) is 6.26 Å². The summed E-state index contributed by atoms with van der Waals surface area (Å²) in [6.07, 6.45) is 3.84. The van der Waals surface area contributed by atoms with Crippen molar-refractivity contribution in [3.63, 3.8) is 0 Å². The second-order valence-electron chi connectivity index (χ2n) is 4.39. The molecule has 0 radical (unpaired) electrons. The quantitative estimate of drug-likeness (QED) is 0.688. The van der Waals surface area contributed by atoms with Crippen LogP contribution in [-0.4, -0.2) is 30.9 Å². The van der Waals surface area contributed by atoms with Crippen molar-refractivity contribution < 1.29 is 18.0 Å². The molecule has 16 heavy (non-hydrogen) atoms. The minimum atomic E-state index is -3.72. The van der Waals surface area contributed by atoms with Crippen LogP contribution in [0, 0.1) is 11.8 Å². The van der Waals surface area contributed by atoms with E-state index >= 15 is 0 Å². The van der Waals surface area contributed by atoms with Gasteiger partial charge in [-0.2, -0.15) is 0 Å². The first-order chi connectivity index (χ1) is 7.39. The third-order valence-electron chi connectivity index (χ3n) is 2.62. The van der Waals surface area contributed by atoms with Crippen molar-refractivity contribution in [2.75, 3.05) is 6.26 Å². The normalized spacial score (nSPS) is 20.3. The molecule has 90 valence electrons. The Kier molecular flexibility index (Phi) is 2.65. The van der Waals surface area contributed by atoms with Gasteiger partial charge < -0.3 is 0 Å². The second-order valence-corrected chi connectivity index (χ2v) is 6.22. The molecule has 0 saturated heterocycles. The van der Waals surface area contributed by atoms with Gasteiger partial charge >= 0.3 is 0 Å². The number of hydrogen-bond acceptors (Lipinski definition) is 4. The van der Waals surface area contributed by atoms with Crippen molar-refractivity contribution in [1.29, 1.82) is 0 Å². The van der Waals surface area contributed by atoms with E-state index in [1.807, 2.05) is 0 Å². The molecule has 2 amide bonds. The Balaban J connectivity index is 2.07. The molecule has 1 N–H and O–H groups in total. The number of hydrazine groups is 1. The van der Waals surface area contributed by atoms with E-state index in [2.05, 4.69) is 5.43 Å². The Labute approximate surface area is 94.0 Å². The van der Waals surface area contributed by atoms with Gasteiger partial charge in [-0.15, -0.1) is 4.41 Å². The minimum Gasteiger partial charge on any atom is -0.273 e. The summed E-state index contributed by atoms with van der Waals surface area (Å²) in [5, 5.41) is 0. The molecule has 0 bridgehead atoms. The third-order valence-corrected chi connectivity index (χ3v) is 3.55. The summed E-state index contributed by atoms with van der Waals surface area (Å²) in [5.41, 5.74) is 2.20. The zero-order valence-electron chi connectivity index (χ0n) is 8.97. The van der Waals surface area contributed by atoms with Crippen molar-refractivity contribution >= 4 is 21.8 Å². The summed E-state index contributed by atoms with van der Waals surface area (Å²) in [7, 11) is -3.72. The number of nitrogens with one attached hydrogen (secondary N) is 1. The highest BCUT2D eigenvalue weighted by molar-refractivity contribution is 7.88. The number of nitrogens with zero attached hydrogens (tertiary/aromatic N) is 1. The van der Waals surface area contributed by atoms with Crippen molar-refractivity contribution in [3.05, 3.63) is 0 Å². The molecule has 2 aliphatic carbocycles. The maximum Gasteiger partial charge on any atom is 0.258 e. The van der Waals surface area contributed by atoms with Gasteiger partial charge in [-0.3, -0.25) is 15.0 Å². The SMILES string of the molecule is CS(=O)(=O)N(NC(=O)C1CC1)C(=O)C1CC1. The fraction of sp³-hybridized carbons (Fsp3) is 0.778. The predicted octanol–water partition coefficient (Wildman–Crippen LogP) is -0.374. The molecule has 0 aromatic carbocycles. The average Bonchev–Trinajstić information content (AvgIpc) is 3.04. The van der Waals surface area contributed by atoms with Crippen LogP contribution in [0.2, 0.25) is 0 Å². The molecule has 2 aliphatic rings. The Morgan fingerprint density at radius 3 is 2.00 bits per heavy atom. The van der Waals surface area contributed by atoms with Gasteiger partial charge in [0.2, 0.25) is 5.91 Å².